The first-order valence-corrected chi connectivity index (χ1v) is 7.27. The van der Waals surface area contributed by atoms with Crippen LogP contribution < -0.4 is 5.32 Å². The third-order valence-corrected chi connectivity index (χ3v) is 3.82. The molecule has 5 nitrogen and oxygen atoms in total. The van der Waals surface area contributed by atoms with Crippen LogP contribution in [0, 0.1) is 5.92 Å². The SMILES string of the molecule is O=C(CCC(=O)C1CCC/C1=N\O)Nc1ccc(Cl)cc1. The van der Waals surface area contributed by atoms with Gasteiger partial charge >= 0.3 is 0 Å². The fraction of sp³-hybridized carbons (Fsp3) is 0.400. The summed E-state index contributed by atoms with van der Waals surface area (Å²) in [5.74, 6) is -0.573. The van der Waals surface area contributed by atoms with Crippen molar-refractivity contribution >= 4 is 34.7 Å². The summed E-state index contributed by atoms with van der Waals surface area (Å²) in [6.07, 6.45) is 2.49. The van der Waals surface area contributed by atoms with E-state index in [0.717, 1.165) is 6.42 Å². The number of Topliss-reactive ketones (excluding diaryl/α,β-unsaturated/α-hetero) is 1. The number of hydrogen-bond donors (Lipinski definition) is 2. The van der Waals surface area contributed by atoms with E-state index in [0.29, 0.717) is 29.3 Å². The van der Waals surface area contributed by atoms with Gasteiger partial charge < -0.3 is 10.5 Å². The van der Waals surface area contributed by atoms with Crippen molar-refractivity contribution in [3.63, 3.8) is 0 Å². The summed E-state index contributed by atoms with van der Waals surface area (Å²) in [6, 6.07) is 6.78. The van der Waals surface area contributed by atoms with Crippen molar-refractivity contribution in [1.29, 1.82) is 0 Å². The highest BCUT2D eigenvalue weighted by Gasteiger charge is 2.29. The molecule has 2 N–H and O–H groups in total. The molecule has 1 aromatic carbocycles. The Labute approximate surface area is 128 Å². The Bertz CT molecular complexity index is 555. The molecule has 1 amide bonds. The van der Waals surface area contributed by atoms with Crippen LogP contribution in [0.25, 0.3) is 0 Å². The number of anilines is 1. The van der Waals surface area contributed by atoms with Crippen LogP contribution in [0.1, 0.15) is 32.1 Å². The normalized spacial score (nSPS) is 19.7. The molecule has 1 aromatic rings. The zero-order chi connectivity index (χ0) is 15.2. The fourth-order valence-electron chi connectivity index (χ4n) is 2.46. The second-order valence-electron chi connectivity index (χ2n) is 5.06. The lowest BCUT2D eigenvalue weighted by Crippen LogP contribution is -2.21. The van der Waals surface area contributed by atoms with Crippen LogP contribution in [0.2, 0.25) is 5.02 Å². The highest BCUT2D eigenvalue weighted by Crippen LogP contribution is 2.25. The molecule has 1 saturated carbocycles. The highest BCUT2D eigenvalue weighted by molar-refractivity contribution is 6.30. The Kier molecular flexibility index (Phi) is 5.33. The maximum absolute atomic E-state index is 12.0. The van der Waals surface area contributed by atoms with Gasteiger partial charge in [-0.2, -0.15) is 0 Å². The minimum atomic E-state index is -0.321. The molecule has 0 bridgehead atoms. The quantitative estimate of drug-likeness (QED) is 0.647. The molecule has 0 heterocycles. The number of hydrogen-bond acceptors (Lipinski definition) is 4. The summed E-state index contributed by atoms with van der Waals surface area (Å²) in [5, 5.41) is 15.3. The highest BCUT2D eigenvalue weighted by atomic mass is 35.5. The van der Waals surface area contributed by atoms with Crippen molar-refractivity contribution in [2.45, 2.75) is 32.1 Å². The van der Waals surface area contributed by atoms with Gasteiger partial charge in [-0.1, -0.05) is 16.8 Å². The molecule has 1 unspecified atom stereocenters. The Morgan fingerprint density at radius 1 is 1.29 bits per heavy atom. The van der Waals surface area contributed by atoms with E-state index in [1.165, 1.54) is 0 Å². The fourth-order valence-corrected chi connectivity index (χ4v) is 2.59. The number of carbonyl (C=O) groups is 2. The standard InChI is InChI=1S/C15H17ClN2O3/c16-10-4-6-11(7-5-10)17-15(20)9-8-14(19)12-2-1-3-13(12)18-21/h4-7,12,21H,1-3,8-9H2,(H,17,20)/b18-13+. The number of halogens is 1. The van der Waals surface area contributed by atoms with Crippen LogP contribution in [0.15, 0.2) is 29.4 Å². The average molecular weight is 309 g/mol. The number of benzene rings is 1. The molecule has 0 spiro atoms. The van der Waals surface area contributed by atoms with E-state index >= 15 is 0 Å². The van der Waals surface area contributed by atoms with Crippen LogP contribution >= 0.6 is 11.6 Å². The molecule has 1 fully saturated rings. The Hall–Kier alpha value is -1.88. The predicted octanol–water partition coefficient (Wildman–Crippen LogP) is 3.26. The van der Waals surface area contributed by atoms with Crippen LogP contribution in [-0.4, -0.2) is 22.6 Å². The van der Waals surface area contributed by atoms with Crippen molar-refractivity contribution in [3.8, 4) is 0 Å². The number of nitrogens with zero attached hydrogens (tertiary/aromatic N) is 1. The molecule has 1 atom stereocenters. The van der Waals surface area contributed by atoms with E-state index in [1.807, 2.05) is 0 Å². The van der Waals surface area contributed by atoms with Crippen molar-refractivity contribution in [3.05, 3.63) is 29.3 Å². The van der Waals surface area contributed by atoms with Crippen molar-refractivity contribution < 1.29 is 14.8 Å². The lowest BCUT2D eigenvalue weighted by molar-refractivity contribution is -0.124. The third kappa shape index (κ3) is 4.29. The number of nitrogens with one attached hydrogen (secondary N) is 1. The van der Waals surface area contributed by atoms with Crippen LogP contribution in [0.4, 0.5) is 5.69 Å². The summed E-state index contributed by atoms with van der Waals surface area (Å²) >= 11 is 5.76. The van der Waals surface area contributed by atoms with E-state index in [1.54, 1.807) is 24.3 Å². The van der Waals surface area contributed by atoms with Crippen molar-refractivity contribution in [2.75, 3.05) is 5.32 Å². The molecule has 0 saturated heterocycles. The van der Waals surface area contributed by atoms with E-state index < -0.39 is 0 Å². The summed E-state index contributed by atoms with van der Waals surface area (Å²) < 4.78 is 0. The smallest absolute Gasteiger partial charge is 0.224 e. The number of carbonyl (C=O) groups excluding carboxylic acids is 2. The first-order chi connectivity index (χ1) is 10.1. The van der Waals surface area contributed by atoms with Gasteiger partial charge in [0.2, 0.25) is 5.91 Å². The van der Waals surface area contributed by atoms with Gasteiger partial charge in [0.15, 0.2) is 0 Å². The lowest BCUT2D eigenvalue weighted by Gasteiger charge is -2.09. The van der Waals surface area contributed by atoms with Gasteiger partial charge in [0.05, 0.1) is 11.6 Å². The summed E-state index contributed by atoms with van der Waals surface area (Å²) in [4.78, 5) is 23.8. The maximum Gasteiger partial charge on any atom is 0.224 e. The first-order valence-electron chi connectivity index (χ1n) is 6.89. The molecular formula is C15H17ClN2O3. The number of rotatable bonds is 5. The summed E-state index contributed by atoms with van der Waals surface area (Å²) in [5.41, 5.74) is 1.19. The topological polar surface area (TPSA) is 78.8 Å². The van der Waals surface area contributed by atoms with Gasteiger partial charge in [-0.15, -0.1) is 0 Å². The first kappa shape index (κ1) is 15.5. The number of oxime groups is 1. The molecule has 112 valence electrons. The molecule has 0 aromatic heterocycles. The molecule has 6 heteroatoms. The van der Waals surface area contributed by atoms with Gasteiger partial charge in [-0.3, -0.25) is 9.59 Å². The lowest BCUT2D eigenvalue weighted by atomic mass is 9.97. The van der Waals surface area contributed by atoms with Gasteiger partial charge in [0.25, 0.3) is 0 Å². The number of amides is 1. The van der Waals surface area contributed by atoms with E-state index in [2.05, 4.69) is 10.5 Å². The molecule has 1 aliphatic carbocycles. The monoisotopic (exact) mass is 308 g/mol. The van der Waals surface area contributed by atoms with E-state index in [4.69, 9.17) is 16.8 Å². The van der Waals surface area contributed by atoms with Crippen LogP contribution in [0.3, 0.4) is 0 Å². The number of ketones is 1. The average Bonchev–Trinajstić information content (AvgIpc) is 2.96. The Balaban J connectivity index is 1.81. The zero-order valence-electron chi connectivity index (χ0n) is 11.5. The molecule has 2 rings (SSSR count). The second-order valence-corrected chi connectivity index (χ2v) is 5.49. The largest absolute Gasteiger partial charge is 0.411 e. The summed E-state index contributed by atoms with van der Waals surface area (Å²) in [6.45, 7) is 0. The predicted molar refractivity (Wildman–Crippen MR) is 80.9 cm³/mol. The summed E-state index contributed by atoms with van der Waals surface area (Å²) in [7, 11) is 0. The van der Waals surface area contributed by atoms with Gasteiger partial charge in [0.1, 0.15) is 5.78 Å². The maximum atomic E-state index is 12.0. The van der Waals surface area contributed by atoms with Crippen molar-refractivity contribution in [2.24, 2.45) is 11.1 Å². The van der Waals surface area contributed by atoms with Gasteiger partial charge in [-0.05, 0) is 43.5 Å². The third-order valence-electron chi connectivity index (χ3n) is 3.57. The minimum Gasteiger partial charge on any atom is -0.411 e. The molecule has 0 radical (unpaired) electrons. The van der Waals surface area contributed by atoms with Crippen LogP contribution in [0.5, 0.6) is 0 Å². The second kappa shape index (κ2) is 7.22. The zero-order valence-corrected chi connectivity index (χ0v) is 12.3. The Morgan fingerprint density at radius 2 is 2.00 bits per heavy atom. The minimum absolute atomic E-state index is 0.0356. The van der Waals surface area contributed by atoms with E-state index in [9.17, 15) is 9.59 Å². The van der Waals surface area contributed by atoms with Crippen LogP contribution in [-0.2, 0) is 9.59 Å². The molecule has 0 aliphatic heterocycles. The van der Waals surface area contributed by atoms with Gasteiger partial charge in [-0.25, -0.2) is 0 Å². The van der Waals surface area contributed by atoms with Gasteiger partial charge in [0, 0.05) is 23.6 Å². The molecule has 21 heavy (non-hydrogen) atoms. The van der Waals surface area contributed by atoms with E-state index in [-0.39, 0.29) is 30.4 Å². The molecule has 1 aliphatic rings. The Morgan fingerprint density at radius 3 is 2.67 bits per heavy atom. The molecular weight excluding hydrogens is 292 g/mol. The van der Waals surface area contributed by atoms with Crippen molar-refractivity contribution in [1.82, 2.24) is 0 Å².